The fraction of sp³-hybridized carbons (Fsp3) is 0.231. The minimum Gasteiger partial charge on any atom is -0.478 e. The standard InChI is InChI=1S/C13H11FN2O4S/c14-10-1-3-11(4-2-10)21(18,19)8-12(17)16-13-9(7-15)5-6-20-13/h1-4H,5-6,8H2,(H,16,17). The van der Waals surface area contributed by atoms with Gasteiger partial charge in [-0.3, -0.25) is 10.1 Å². The minimum absolute atomic E-state index is 0.00296. The van der Waals surface area contributed by atoms with Crippen LogP contribution in [0.5, 0.6) is 0 Å². The number of nitriles is 1. The Morgan fingerprint density at radius 3 is 2.67 bits per heavy atom. The van der Waals surface area contributed by atoms with Crippen molar-refractivity contribution in [1.29, 1.82) is 5.26 Å². The van der Waals surface area contributed by atoms with Crippen molar-refractivity contribution in [3.63, 3.8) is 0 Å². The number of carbonyl (C=O) groups excluding carboxylic acids is 1. The van der Waals surface area contributed by atoms with Crippen molar-refractivity contribution in [3.05, 3.63) is 41.5 Å². The third-order valence-electron chi connectivity index (χ3n) is 2.75. The number of hydrogen-bond acceptors (Lipinski definition) is 5. The summed E-state index contributed by atoms with van der Waals surface area (Å²) in [5.74, 6) is -2.20. The first kappa shape index (κ1) is 15.0. The van der Waals surface area contributed by atoms with Crippen molar-refractivity contribution in [1.82, 2.24) is 5.32 Å². The molecule has 1 N–H and O–H groups in total. The number of hydrogen-bond donors (Lipinski definition) is 1. The number of sulfone groups is 1. The van der Waals surface area contributed by atoms with Gasteiger partial charge < -0.3 is 4.74 Å². The molecule has 1 aliphatic rings. The van der Waals surface area contributed by atoms with Gasteiger partial charge in [-0.05, 0) is 24.3 Å². The van der Waals surface area contributed by atoms with Crippen LogP contribution in [0.1, 0.15) is 6.42 Å². The third kappa shape index (κ3) is 3.58. The lowest BCUT2D eigenvalue weighted by atomic mass is 10.2. The van der Waals surface area contributed by atoms with Crippen LogP contribution in [-0.4, -0.2) is 26.7 Å². The molecule has 8 heteroatoms. The summed E-state index contributed by atoms with van der Waals surface area (Å²) in [5, 5.41) is 11.1. The van der Waals surface area contributed by atoms with Crippen molar-refractivity contribution < 1.29 is 22.3 Å². The number of carbonyl (C=O) groups is 1. The van der Waals surface area contributed by atoms with Crippen molar-refractivity contribution in [2.75, 3.05) is 12.4 Å². The predicted octanol–water partition coefficient (Wildman–Crippen LogP) is 0.871. The largest absolute Gasteiger partial charge is 0.478 e. The van der Waals surface area contributed by atoms with Crippen molar-refractivity contribution >= 4 is 15.7 Å². The molecule has 2 rings (SSSR count). The first-order valence-corrected chi connectivity index (χ1v) is 7.62. The monoisotopic (exact) mass is 310 g/mol. The Kier molecular flexibility index (Phi) is 4.23. The highest BCUT2D eigenvalue weighted by Gasteiger charge is 2.23. The number of nitrogens with one attached hydrogen (secondary N) is 1. The number of amides is 1. The van der Waals surface area contributed by atoms with Gasteiger partial charge in [-0.25, -0.2) is 12.8 Å². The lowest BCUT2D eigenvalue weighted by Crippen LogP contribution is -2.30. The maximum Gasteiger partial charge on any atom is 0.242 e. The minimum atomic E-state index is -3.88. The molecular formula is C13H11FN2O4S. The summed E-state index contributed by atoms with van der Waals surface area (Å²) < 4.78 is 41.8. The molecule has 0 radical (unpaired) electrons. The van der Waals surface area contributed by atoms with Crippen LogP contribution in [0, 0.1) is 17.1 Å². The highest BCUT2D eigenvalue weighted by Crippen LogP contribution is 2.16. The molecule has 1 amide bonds. The van der Waals surface area contributed by atoms with E-state index in [4.69, 9.17) is 10.00 Å². The number of halogens is 1. The molecule has 0 aromatic heterocycles. The number of nitrogens with zero attached hydrogens (tertiary/aromatic N) is 1. The van der Waals surface area contributed by atoms with Gasteiger partial charge in [0.2, 0.25) is 11.8 Å². The van der Waals surface area contributed by atoms with Gasteiger partial charge in [-0.1, -0.05) is 0 Å². The van der Waals surface area contributed by atoms with E-state index in [9.17, 15) is 17.6 Å². The third-order valence-corrected chi connectivity index (χ3v) is 4.39. The molecule has 1 heterocycles. The molecule has 0 fully saturated rings. The van der Waals surface area contributed by atoms with Crippen LogP contribution in [-0.2, 0) is 19.4 Å². The van der Waals surface area contributed by atoms with Crippen LogP contribution in [0.15, 0.2) is 40.6 Å². The van der Waals surface area contributed by atoms with E-state index in [1.54, 1.807) is 0 Å². The quantitative estimate of drug-likeness (QED) is 0.832. The second-order valence-corrected chi connectivity index (χ2v) is 6.27. The molecule has 0 unspecified atom stereocenters. The zero-order chi connectivity index (χ0) is 15.5. The summed E-state index contributed by atoms with van der Waals surface area (Å²) in [5.41, 5.74) is 0.266. The number of benzene rings is 1. The second-order valence-electron chi connectivity index (χ2n) is 4.28. The van der Waals surface area contributed by atoms with Crippen LogP contribution in [0.25, 0.3) is 0 Å². The second kappa shape index (κ2) is 5.93. The first-order chi connectivity index (χ1) is 9.92. The van der Waals surface area contributed by atoms with Gasteiger partial charge in [-0.2, -0.15) is 5.26 Å². The van der Waals surface area contributed by atoms with E-state index in [0.717, 1.165) is 24.3 Å². The van der Waals surface area contributed by atoms with Gasteiger partial charge >= 0.3 is 0 Å². The van der Waals surface area contributed by atoms with Gasteiger partial charge in [0.25, 0.3) is 0 Å². The highest BCUT2D eigenvalue weighted by molar-refractivity contribution is 7.92. The first-order valence-electron chi connectivity index (χ1n) is 5.96. The summed E-state index contributed by atoms with van der Waals surface area (Å²) >= 11 is 0. The SMILES string of the molecule is N#CC1=C(NC(=O)CS(=O)(=O)c2ccc(F)cc2)OCC1. The lowest BCUT2D eigenvalue weighted by Gasteiger charge is -2.07. The molecule has 0 saturated carbocycles. The van der Waals surface area contributed by atoms with Gasteiger partial charge in [-0.15, -0.1) is 0 Å². The summed E-state index contributed by atoms with van der Waals surface area (Å²) in [6, 6.07) is 6.05. The molecule has 110 valence electrons. The molecule has 21 heavy (non-hydrogen) atoms. The molecular weight excluding hydrogens is 299 g/mol. The average Bonchev–Trinajstić information content (AvgIpc) is 2.85. The fourth-order valence-electron chi connectivity index (χ4n) is 1.73. The zero-order valence-corrected chi connectivity index (χ0v) is 11.6. The zero-order valence-electron chi connectivity index (χ0n) is 10.8. The Bertz CT molecular complexity index is 732. The van der Waals surface area contributed by atoms with E-state index in [1.807, 2.05) is 6.07 Å². The normalized spacial score (nSPS) is 14.5. The predicted molar refractivity (Wildman–Crippen MR) is 69.8 cm³/mol. The van der Waals surface area contributed by atoms with Crippen molar-refractivity contribution in [2.45, 2.75) is 11.3 Å². The average molecular weight is 310 g/mol. The summed E-state index contributed by atoms with van der Waals surface area (Å²) in [6.45, 7) is 0.267. The number of rotatable bonds is 4. The Morgan fingerprint density at radius 2 is 2.05 bits per heavy atom. The summed E-state index contributed by atoms with van der Waals surface area (Å²) in [7, 11) is -3.88. The summed E-state index contributed by atoms with van der Waals surface area (Å²) in [6.07, 6.45) is 0.372. The van der Waals surface area contributed by atoms with Crippen LogP contribution < -0.4 is 5.32 Å². The Balaban J connectivity index is 2.09. The smallest absolute Gasteiger partial charge is 0.242 e. The van der Waals surface area contributed by atoms with Gasteiger partial charge in [0.15, 0.2) is 9.84 Å². The molecule has 0 spiro atoms. The molecule has 0 atom stereocenters. The molecule has 0 bridgehead atoms. The Morgan fingerprint density at radius 1 is 1.38 bits per heavy atom. The lowest BCUT2D eigenvalue weighted by molar-refractivity contribution is -0.118. The van der Waals surface area contributed by atoms with E-state index in [0.29, 0.717) is 6.42 Å². The van der Waals surface area contributed by atoms with E-state index in [1.165, 1.54) is 0 Å². The van der Waals surface area contributed by atoms with Crippen LogP contribution in [0.2, 0.25) is 0 Å². The van der Waals surface area contributed by atoms with Crippen LogP contribution >= 0.6 is 0 Å². The maximum atomic E-state index is 12.8. The van der Waals surface area contributed by atoms with Gasteiger partial charge in [0.05, 0.1) is 17.1 Å². The van der Waals surface area contributed by atoms with Crippen LogP contribution in [0.4, 0.5) is 4.39 Å². The van der Waals surface area contributed by atoms with E-state index < -0.39 is 27.3 Å². The maximum absolute atomic E-state index is 12.8. The van der Waals surface area contributed by atoms with E-state index in [2.05, 4.69) is 5.32 Å². The van der Waals surface area contributed by atoms with Crippen LogP contribution in [0.3, 0.4) is 0 Å². The highest BCUT2D eigenvalue weighted by atomic mass is 32.2. The van der Waals surface area contributed by atoms with Gasteiger partial charge in [0, 0.05) is 6.42 Å². The van der Waals surface area contributed by atoms with E-state index >= 15 is 0 Å². The molecule has 1 aliphatic heterocycles. The molecule has 0 aliphatic carbocycles. The fourth-order valence-corrected chi connectivity index (χ4v) is 2.87. The van der Waals surface area contributed by atoms with Crippen molar-refractivity contribution in [2.24, 2.45) is 0 Å². The Labute approximate surface area is 120 Å². The molecule has 0 saturated heterocycles. The molecule has 6 nitrogen and oxygen atoms in total. The van der Waals surface area contributed by atoms with Crippen molar-refractivity contribution in [3.8, 4) is 6.07 Å². The molecule has 1 aromatic carbocycles. The van der Waals surface area contributed by atoms with E-state index in [-0.39, 0.29) is 23.0 Å². The Hall–Kier alpha value is -2.40. The molecule has 1 aromatic rings. The van der Waals surface area contributed by atoms with Gasteiger partial charge in [0.1, 0.15) is 17.6 Å². The summed E-state index contributed by atoms with van der Waals surface area (Å²) in [4.78, 5) is 11.6. The number of ether oxygens (including phenoxy) is 1. The topological polar surface area (TPSA) is 96.3 Å².